The van der Waals surface area contributed by atoms with Gasteiger partial charge in [0.15, 0.2) is 5.78 Å². The van der Waals surface area contributed by atoms with E-state index in [1.807, 2.05) is 0 Å². The Morgan fingerprint density at radius 1 is 1.21 bits per heavy atom. The van der Waals surface area contributed by atoms with Crippen LogP contribution in [0.4, 0.5) is 4.39 Å². The molecule has 0 unspecified atom stereocenters. The van der Waals surface area contributed by atoms with Crippen molar-refractivity contribution in [2.75, 3.05) is 0 Å². The second-order valence-corrected chi connectivity index (χ2v) is 4.08. The molecule has 0 radical (unpaired) electrons. The monoisotopic (exact) mass is 262 g/mol. The van der Waals surface area contributed by atoms with Gasteiger partial charge in [-0.15, -0.1) is 0 Å². The van der Waals surface area contributed by atoms with Crippen molar-refractivity contribution in [2.24, 2.45) is 7.05 Å². The second kappa shape index (κ2) is 5.01. The molecular formula is C13H11FN2O3. The molecule has 0 saturated heterocycles. The molecule has 2 rings (SSSR count). The number of benzene rings is 1. The second-order valence-electron chi connectivity index (χ2n) is 4.08. The topological polar surface area (TPSA) is 61.1 Å². The van der Waals surface area contributed by atoms with Gasteiger partial charge in [0.25, 0.3) is 0 Å². The smallest absolute Gasteiger partial charge is 0.312 e. The maximum Gasteiger partial charge on any atom is 0.316 e. The molecule has 1 aromatic heterocycles. The van der Waals surface area contributed by atoms with Gasteiger partial charge >= 0.3 is 11.1 Å². The van der Waals surface area contributed by atoms with Crippen LogP contribution in [0.25, 0.3) is 0 Å². The summed E-state index contributed by atoms with van der Waals surface area (Å²) in [6, 6.07) is 5.18. The lowest BCUT2D eigenvalue weighted by molar-refractivity contribution is 0.0970. The summed E-state index contributed by atoms with van der Waals surface area (Å²) in [7, 11) is 1.45. The molecule has 2 aromatic rings. The van der Waals surface area contributed by atoms with Crippen LogP contribution in [0.15, 0.2) is 46.2 Å². The van der Waals surface area contributed by atoms with Gasteiger partial charge in [-0.3, -0.25) is 14.4 Å². The minimum atomic E-state index is -0.783. The Labute approximate surface area is 107 Å². The summed E-state index contributed by atoms with van der Waals surface area (Å²) in [4.78, 5) is 34.9. The molecule has 1 aromatic carbocycles. The standard InChI is InChI=1S/C13H11FN2O3/c1-15-5-6-16(13(19)12(15)18)8-11(17)9-3-2-4-10(14)7-9/h2-7H,8H2,1H3. The Bertz CT molecular complexity index is 746. The molecule has 1 heterocycles. The third-order valence-electron chi connectivity index (χ3n) is 2.69. The molecule has 0 fully saturated rings. The molecule has 0 aliphatic rings. The molecule has 0 atom stereocenters. The molecule has 6 heteroatoms. The van der Waals surface area contributed by atoms with Gasteiger partial charge in [-0.05, 0) is 12.1 Å². The zero-order chi connectivity index (χ0) is 14.0. The van der Waals surface area contributed by atoms with E-state index in [-0.39, 0.29) is 12.1 Å². The summed E-state index contributed by atoms with van der Waals surface area (Å²) >= 11 is 0. The van der Waals surface area contributed by atoms with Gasteiger partial charge in [0.1, 0.15) is 5.82 Å². The number of Topliss-reactive ketones (excluding diaryl/α,β-unsaturated/α-hetero) is 1. The normalized spacial score (nSPS) is 10.4. The van der Waals surface area contributed by atoms with E-state index in [1.54, 1.807) is 0 Å². The van der Waals surface area contributed by atoms with Crippen molar-refractivity contribution in [1.29, 1.82) is 0 Å². The molecular weight excluding hydrogens is 251 g/mol. The molecule has 0 N–H and O–H groups in total. The highest BCUT2D eigenvalue weighted by Crippen LogP contribution is 2.05. The molecule has 5 nitrogen and oxygen atoms in total. The van der Waals surface area contributed by atoms with Crippen LogP contribution in [0.5, 0.6) is 0 Å². The van der Waals surface area contributed by atoms with Gasteiger partial charge in [0, 0.05) is 25.0 Å². The first-order chi connectivity index (χ1) is 8.99. The Morgan fingerprint density at radius 2 is 1.95 bits per heavy atom. The number of aryl methyl sites for hydroxylation is 1. The van der Waals surface area contributed by atoms with Crippen molar-refractivity contribution in [2.45, 2.75) is 6.54 Å². The first kappa shape index (κ1) is 12.9. The summed E-state index contributed by atoms with van der Waals surface area (Å²) < 4.78 is 15.1. The van der Waals surface area contributed by atoms with E-state index in [0.29, 0.717) is 0 Å². The largest absolute Gasteiger partial charge is 0.316 e. The zero-order valence-electron chi connectivity index (χ0n) is 10.2. The first-order valence-corrected chi connectivity index (χ1v) is 5.54. The number of carbonyl (C=O) groups excluding carboxylic acids is 1. The van der Waals surface area contributed by atoms with Gasteiger partial charge in [0.05, 0.1) is 6.54 Å². The lowest BCUT2D eigenvalue weighted by Gasteiger charge is -2.05. The van der Waals surface area contributed by atoms with Gasteiger partial charge in [0.2, 0.25) is 0 Å². The number of halogens is 1. The van der Waals surface area contributed by atoms with E-state index in [4.69, 9.17) is 0 Å². The Morgan fingerprint density at radius 3 is 2.63 bits per heavy atom. The van der Waals surface area contributed by atoms with Crippen molar-refractivity contribution in [3.8, 4) is 0 Å². The van der Waals surface area contributed by atoms with Gasteiger partial charge < -0.3 is 9.13 Å². The van der Waals surface area contributed by atoms with Crippen LogP contribution >= 0.6 is 0 Å². The van der Waals surface area contributed by atoms with E-state index in [0.717, 1.165) is 15.2 Å². The van der Waals surface area contributed by atoms with Crippen LogP contribution in [-0.2, 0) is 13.6 Å². The molecule has 0 aliphatic heterocycles. The third-order valence-corrected chi connectivity index (χ3v) is 2.69. The predicted octanol–water partition coefficient (Wildman–Crippen LogP) is 0.569. The summed E-state index contributed by atoms with van der Waals surface area (Å²) in [5.74, 6) is -0.961. The van der Waals surface area contributed by atoms with Gasteiger partial charge in [-0.25, -0.2) is 4.39 Å². The highest BCUT2D eigenvalue weighted by atomic mass is 19.1. The van der Waals surface area contributed by atoms with Crippen LogP contribution in [0, 0.1) is 5.82 Å². The highest BCUT2D eigenvalue weighted by molar-refractivity contribution is 5.95. The van der Waals surface area contributed by atoms with Crippen molar-refractivity contribution < 1.29 is 9.18 Å². The molecule has 98 valence electrons. The van der Waals surface area contributed by atoms with E-state index >= 15 is 0 Å². The Hall–Kier alpha value is -2.50. The number of carbonyl (C=O) groups is 1. The average Bonchev–Trinajstić information content (AvgIpc) is 2.39. The van der Waals surface area contributed by atoms with Crippen molar-refractivity contribution in [3.63, 3.8) is 0 Å². The molecule has 0 bridgehead atoms. The fraction of sp³-hybridized carbons (Fsp3) is 0.154. The molecule has 0 aliphatic carbocycles. The van der Waals surface area contributed by atoms with Crippen LogP contribution in [0.2, 0.25) is 0 Å². The Kier molecular flexibility index (Phi) is 3.41. The van der Waals surface area contributed by atoms with E-state index in [2.05, 4.69) is 0 Å². The van der Waals surface area contributed by atoms with Crippen LogP contribution in [0.3, 0.4) is 0 Å². The minimum Gasteiger partial charge on any atom is -0.312 e. The number of hydrogen-bond acceptors (Lipinski definition) is 3. The summed E-state index contributed by atoms with van der Waals surface area (Å²) in [5, 5.41) is 0. The van der Waals surface area contributed by atoms with Crippen LogP contribution in [0.1, 0.15) is 10.4 Å². The molecule has 0 saturated carbocycles. The van der Waals surface area contributed by atoms with E-state index < -0.39 is 22.7 Å². The average molecular weight is 262 g/mol. The van der Waals surface area contributed by atoms with E-state index in [1.165, 1.54) is 37.6 Å². The number of hydrogen-bond donors (Lipinski definition) is 0. The zero-order valence-corrected chi connectivity index (χ0v) is 10.2. The van der Waals surface area contributed by atoms with Crippen LogP contribution < -0.4 is 11.1 Å². The quantitative estimate of drug-likeness (QED) is 0.600. The van der Waals surface area contributed by atoms with Crippen molar-refractivity contribution >= 4 is 5.78 Å². The van der Waals surface area contributed by atoms with Crippen molar-refractivity contribution in [3.05, 3.63) is 68.7 Å². The number of aromatic nitrogens is 2. The SMILES string of the molecule is Cn1ccn(CC(=O)c2cccc(F)c2)c(=O)c1=O. The van der Waals surface area contributed by atoms with E-state index in [9.17, 15) is 18.8 Å². The number of ketones is 1. The van der Waals surface area contributed by atoms with Crippen LogP contribution in [-0.4, -0.2) is 14.9 Å². The fourth-order valence-corrected chi connectivity index (χ4v) is 1.62. The predicted molar refractivity (Wildman–Crippen MR) is 66.7 cm³/mol. The lowest BCUT2D eigenvalue weighted by atomic mass is 10.1. The summed E-state index contributed by atoms with van der Waals surface area (Å²) in [6.07, 6.45) is 2.74. The highest BCUT2D eigenvalue weighted by Gasteiger charge is 2.10. The first-order valence-electron chi connectivity index (χ1n) is 5.54. The van der Waals surface area contributed by atoms with Gasteiger partial charge in [-0.2, -0.15) is 0 Å². The maximum atomic E-state index is 13.0. The third kappa shape index (κ3) is 2.67. The molecule has 0 spiro atoms. The molecule has 19 heavy (non-hydrogen) atoms. The maximum absolute atomic E-state index is 13.0. The lowest BCUT2D eigenvalue weighted by Crippen LogP contribution is -2.40. The molecule has 0 amide bonds. The summed E-state index contributed by atoms with van der Waals surface area (Å²) in [5.41, 5.74) is -1.34. The minimum absolute atomic E-state index is 0.160. The summed E-state index contributed by atoms with van der Waals surface area (Å²) in [6.45, 7) is -0.293. The van der Waals surface area contributed by atoms with Crippen molar-refractivity contribution in [1.82, 2.24) is 9.13 Å². The number of rotatable bonds is 3. The number of nitrogens with zero attached hydrogens (tertiary/aromatic N) is 2. The fourth-order valence-electron chi connectivity index (χ4n) is 1.62. The Balaban J connectivity index is 2.32. The van der Waals surface area contributed by atoms with Gasteiger partial charge in [-0.1, -0.05) is 12.1 Å².